The second-order valence-electron chi connectivity index (χ2n) is 6.88. The van der Waals surface area contributed by atoms with Crippen LogP contribution in [-0.4, -0.2) is 34.4 Å². The van der Waals surface area contributed by atoms with E-state index in [1.54, 1.807) is 0 Å². The predicted octanol–water partition coefficient (Wildman–Crippen LogP) is 1.87. The third kappa shape index (κ3) is 2.65. The van der Waals surface area contributed by atoms with Crippen LogP contribution in [0.2, 0.25) is 0 Å². The van der Waals surface area contributed by atoms with Crippen LogP contribution in [0.1, 0.15) is 46.5 Å². The van der Waals surface area contributed by atoms with Gasteiger partial charge in [-0.2, -0.15) is 0 Å². The van der Waals surface area contributed by atoms with Crippen LogP contribution in [0.15, 0.2) is 0 Å². The topological polar surface area (TPSA) is 69.6 Å². The molecular formula is C15H27NO3. The van der Waals surface area contributed by atoms with Gasteiger partial charge in [-0.25, -0.2) is 0 Å². The molecule has 2 aliphatic carbocycles. The summed E-state index contributed by atoms with van der Waals surface area (Å²) in [5.74, 6) is 0.437. The lowest BCUT2D eigenvalue weighted by atomic mass is 9.73. The number of carboxylic acid groups (broad SMARTS) is 1. The number of carbonyl (C=O) groups is 1. The molecule has 3 N–H and O–H groups in total. The number of rotatable bonds is 5. The van der Waals surface area contributed by atoms with Crippen LogP contribution in [-0.2, 0) is 4.79 Å². The van der Waals surface area contributed by atoms with Crippen LogP contribution in [0.25, 0.3) is 0 Å². The molecule has 0 radical (unpaired) electrons. The normalized spacial score (nSPS) is 39.5. The van der Waals surface area contributed by atoms with Gasteiger partial charge in [-0.15, -0.1) is 0 Å². The van der Waals surface area contributed by atoms with Gasteiger partial charge in [-0.05, 0) is 42.9 Å². The van der Waals surface area contributed by atoms with Gasteiger partial charge >= 0.3 is 5.97 Å². The van der Waals surface area contributed by atoms with E-state index in [2.05, 4.69) is 12.2 Å². The van der Waals surface area contributed by atoms with Crippen molar-refractivity contribution in [2.24, 2.45) is 23.7 Å². The van der Waals surface area contributed by atoms with Crippen molar-refractivity contribution in [1.82, 2.24) is 5.32 Å². The molecule has 0 saturated heterocycles. The van der Waals surface area contributed by atoms with E-state index in [1.165, 1.54) is 6.42 Å². The number of hydrogen-bond donors (Lipinski definition) is 3. The highest BCUT2D eigenvalue weighted by Crippen LogP contribution is 2.52. The molecule has 2 rings (SSSR count). The minimum absolute atomic E-state index is 0.0276. The molecule has 2 saturated carbocycles. The minimum atomic E-state index is -0.824. The smallest absolute Gasteiger partial charge is 0.320 e. The van der Waals surface area contributed by atoms with E-state index in [4.69, 9.17) is 0 Å². The van der Waals surface area contributed by atoms with Crippen LogP contribution < -0.4 is 5.32 Å². The number of hydrogen-bond acceptors (Lipinski definition) is 3. The van der Waals surface area contributed by atoms with Crippen molar-refractivity contribution < 1.29 is 15.0 Å². The molecule has 0 aliphatic heterocycles. The van der Waals surface area contributed by atoms with Crippen LogP contribution in [0, 0.1) is 23.7 Å². The van der Waals surface area contributed by atoms with E-state index in [-0.39, 0.29) is 5.92 Å². The molecule has 2 fully saturated rings. The van der Waals surface area contributed by atoms with Crippen LogP contribution in [0.5, 0.6) is 0 Å². The second kappa shape index (κ2) is 5.41. The van der Waals surface area contributed by atoms with Gasteiger partial charge in [0.15, 0.2) is 0 Å². The zero-order chi connectivity index (χ0) is 14.2. The third-order valence-electron chi connectivity index (χ3n) is 5.30. The number of nitrogens with one attached hydrogen (secondary N) is 1. The van der Waals surface area contributed by atoms with Gasteiger partial charge in [0.25, 0.3) is 0 Å². The van der Waals surface area contributed by atoms with Gasteiger partial charge < -0.3 is 15.5 Å². The Labute approximate surface area is 115 Å². The maximum atomic E-state index is 11.2. The van der Waals surface area contributed by atoms with Crippen molar-refractivity contribution in [3.63, 3.8) is 0 Å². The first-order valence-corrected chi connectivity index (χ1v) is 7.54. The van der Waals surface area contributed by atoms with Crippen molar-refractivity contribution in [2.45, 2.75) is 58.1 Å². The van der Waals surface area contributed by atoms with E-state index in [9.17, 15) is 15.0 Å². The molecular weight excluding hydrogens is 242 g/mol. The number of carboxylic acids is 1. The molecule has 4 nitrogen and oxygen atoms in total. The summed E-state index contributed by atoms with van der Waals surface area (Å²) in [6.45, 7) is 6.43. The summed E-state index contributed by atoms with van der Waals surface area (Å²) in [4.78, 5) is 11.2. The average Bonchev–Trinajstić information content (AvgIpc) is 2.47. The van der Waals surface area contributed by atoms with Crippen molar-refractivity contribution in [2.75, 3.05) is 6.54 Å². The molecule has 0 heterocycles. The standard InChI is InChI=1S/C15H27NO3/c1-9(2)13(14(17)18)16-8-15(19)11-5-4-6-12(15)10(3)7-11/h9-13,16,19H,4-8H2,1-3H3,(H,17,18)/t10-,11?,12+,13-,15+/m0/s1. The predicted molar refractivity (Wildman–Crippen MR) is 73.8 cm³/mol. The Balaban J connectivity index is 2.04. The first-order valence-electron chi connectivity index (χ1n) is 7.54. The van der Waals surface area contributed by atoms with Gasteiger partial charge in [0.1, 0.15) is 6.04 Å². The lowest BCUT2D eigenvalue weighted by Gasteiger charge is -2.41. The quantitative estimate of drug-likeness (QED) is 0.712. The maximum absolute atomic E-state index is 11.2. The third-order valence-corrected chi connectivity index (χ3v) is 5.30. The molecule has 19 heavy (non-hydrogen) atoms. The summed E-state index contributed by atoms with van der Waals surface area (Å²) in [6, 6.07) is -0.569. The summed E-state index contributed by atoms with van der Waals surface area (Å²) in [5, 5.41) is 23.3. The van der Waals surface area contributed by atoms with Crippen LogP contribution in [0.3, 0.4) is 0 Å². The zero-order valence-corrected chi connectivity index (χ0v) is 12.2. The molecule has 0 aromatic carbocycles. The van der Waals surface area contributed by atoms with Gasteiger partial charge in [0, 0.05) is 6.54 Å². The minimum Gasteiger partial charge on any atom is -0.480 e. The summed E-state index contributed by atoms with van der Waals surface area (Å²) in [7, 11) is 0. The monoisotopic (exact) mass is 269 g/mol. The van der Waals surface area contributed by atoms with E-state index in [0.717, 1.165) is 19.3 Å². The number of fused-ring (bicyclic) bond motifs is 2. The molecule has 0 spiro atoms. The van der Waals surface area contributed by atoms with Crippen molar-refractivity contribution in [3.8, 4) is 0 Å². The lowest BCUT2D eigenvalue weighted by molar-refractivity contribution is -0.141. The highest BCUT2D eigenvalue weighted by Gasteiger charge is 2.54. The molecule has 4 heteroatoms. The molecule has 2 bridgehead atoms. The van der Waals surface area contributed by atoms with Crippen molar-refractivity contribution in [3.05, 3.63) is 0 Å². The van der Waals surface area contributed by atoms with Crippen LogP contribution >= 0.6 is 0 Å². The SMILES string of the molecule is CC(C)[C@H](NC[C@@]1(O)C2CCC[C@@H]1[C@@H](C)C2)C(=O)O. The molecule has 1 unspecified atom stereocenters. The van der Waals surface area contributed by atoms with Gasteiger partial charge in [0.2, 0.25) is 0 Å². The molecule has 0 aromatic rings. The summed E-state index contributed by atoms with van der Waals surface area (Å²) >= 11 is 0. The van der Waals surface area contributed by atoms with E-state index >= 15 is 0 Å². The number of aliphatic hydroxyl groups is 1. The lowest BCUT2D eigenvalue weighted by Crippen LogP contribution is -2.55. The fourth-order valence-corrected chi connectivity index (χ4v) is 4.26. The first kappa shape index (κ1) is 14.8. The maximum Gasteiger partial charge on any atom is 0.320 e. The fourth-order valence-electron chi connectivity index (χ4n) is 4.26. The Hall–Kier alpha value is -0.610. The Morgan fingerprint density at radius 1 is 1.42 bits per heavy atom. The zero-order valence-electron chi connectivity index (χ0n) is 12.2. The van der Waals surface area contributed by atoms with Crippen molar-refractivity contribution >= 4 is 5.97 Å². The molecule has 2 aliphatic rings. The van der Waals surface area contributed by atoms with Gasteiger partial charge in [-0.3, -0.25) is 4.79 Å². The van der Waals surface area contributed by atoms with Gasteiger partial charge in [-0.1, -0.05) is 27.2 Å². The van der Waals surface area contributed by atoms with E-state index in [1.807, 2.05) is 13.8 Å². The molecule has 0 amide bonds. The molecule has 110 valence electrons. The summed E-state index contributed by atoms with van der Waals surface area (Å²) < 4.78 is 0. The largest absolute Gasteiger partial charge is 0.480 e. The summed E-state index contributed by atoms with van der Waals surface area (Å²) in [5.41, 5.74) is -0.694. The van der Waals surface area contributed by atoms with E-state index < -0.39 is 17.6 Å². The van der Waals surface area contributed by atoms with Crippen LogP contribution in [0.4, 0.5) is 0 Å². The molecule has 5 atom stereocenters. The van der Waals surface area contributed by atoms with Gasteiger partial charge in [0.05, 0.1) is 5.60 Å². The Morgan fingerprint density at radius 3 is 2.63 bits per heavy atom. The highest BCUT2D eigenvalue weighted by atomic mass is 16.4. The Kier molecular flexibility index (Phi) is 4.21. The first-order chi connectivity index (χ1) is 8.86. The summed E-state index contributed by atoms with van der Waals surface area (Å²) in [6.07, 6.45) is 4.45. The Bertz CT molecular complexity index is 344. The fraction of sp³-hybridized carbons (Fsp3) is 0.933. The highest BCUT2D eigenvalue weighted by molar-refractivity contribution is 5.73. The molecule has 0 aromatic heterocycles. The number of aliphatic carboxylic acids is 1. The Morgan fingerprint density at radius 2 is 2.11 bits per heavy atom. The second-order valence-corrected chi connectivity index (χ2v) is 6.88. The van der Waals surface area contributed by atoms with E-state index in [0.29, 0.717) is 24.3 Å². The van der Waals surface area contributed by atoms with Crippen molar-refractivity contribution in [1.29, 1.82) is 0 Å². The average molecular weight is 269 g/mol.